The van der Waals surface area contributed by atoms with E-state index in [0.29, 0.717) is 5.92 Å². The number of pyridine rings is 1. The van der Waals surface area contributed by atoms with Gasteiger partial charge >= 0.3 is 0 Å². The molecule has 1 aliphatic carbocycles. The smallest absolute Gasteiger partial charge is 0.0440 e. The van der Waals surface area contributed by atoms with Gasteiger partial charge in [-0.3, -0.25) is 4.98 Å². The van der Waals surface area contributed by atoms with E-state index in [4.69, 9.17) is 0 Å². The Morgan fingerprint density at radius 3 is 2.75 bits per heavy atom. The van der Waals surface area contributed by atoms with Crippen molar-refractivity contribution in [1.29, 1.82) is 0 Å². The number of fused-ring (bicyclic) bond motifs is 1. The number of rotatable bonds is 2. The molecule has 0 N–H and O–H groups in total. The van der Waals surface area contributed by atoms with Crippen LogP contribution in [-0.2, 0) is 0 Å². The molecule has 0 aliphatic heterocycles. The van der Waals surface area contributed by atoms with E-state index in [1.54, 1.807) is 0 Å². The topological polar surface area (TPSA) is 12.9 Å². The van der Waals surface area contributed by atoms with Crippen LogP contribution in [0, 0.1) is 0 Å². The van der Waals surface area contributed by atoms with Crippen LogP contribution in [0.2, 0.25) is 0 Å². The average Bonchev–Trinajstić information content (AvgIpc) is 3.11. The van der Waals surface area contributed by atoms with Gasteiger partial charge < -0.3 is 0 Å². The highest BCUT2D eigenvalue weighted by Gasteiger charge is 2.25. The Balaban J connectivity index is 2.18. The van der Waals surface area contributed by atoms with Crippen LogP contribution >= 0.6 is 0 Å². The third-order valence-corrected chi connectivity index (χ3v) is 3.44. The lowest BCUT2D eigenvalue weighted by Gasteiger charge is -2.10. The minimum absolute atomic E-state index is 0.567. The molecule has 0 bridgehead atoms. The Morgan fingerprint density at radius 1 is 1.25 bits per heavy atom. The van der Waals surface area contributed by atoms with Gasteiger partial charge in [0.1, 0.15) is 0 Å². The number of nitrogens with zero attached hydrogens (tertiary/aromatic N) is 1. The molecule has 0 unspecified atom stereocenters. The van der Waals surface area contributed by atoms with Gasteiger partial charge in [-0.15, -0.1) is 0 Å². The monoisotopic (exact) mass is 211 g/mol. The number of hydrogen-bond acceptors (Lipinski definition) is 1. The fraction of sp³-hybridized carbons (Fsp3) is 0.400. The van der Waals surface area contributed by atoms with Crippen molar-refractivity contribution >= 4 is 10.8 Å². The van der Waals surface area contributed by atoms with Gasteiger partial charge in [-0.1, -0.05) is 32.0 Å². The molecule has 16 heavy (non-hydrogen) atoms. The molecule has 1 heterocycles. The van der Waals surface area contributed by atoms with Crippen LogP contribution in [0.1, 0.15) is 49.8 Å². The van der Waals surface area contributed by atoms with E-state index in [1.165, 1.54) is 34.9 Å². The highest BCUT2D eigenvalue weighted by Crippen LogP contribution is 2.40. The molecule has 1 aliphatic rings. The Bertz CT molecular complexity index is 524. The van der Waals surface area contributed by atoms with E-state index in [1.807, 2.05) is 0 Å². The maximum atomic E-state index is 4.61. The summed E-state index contributed by atoms with van der Waals surface area (Å²) in [6, 6.07) is 8.85. The van der Waals surface area contributed by atoms with E-state index in [9.17, 15) is 0 Å². The van der Waals surface area contributed by atoms with Crippen LogP contribution in [0.5, 0.6) is 0 Å². The molecule has 1 fully saturated rings. The molecule has 0 amide bonds. The second kappa shape index (κ2) is 3.58. The summed E-state index contributed by atoms with van der Waals surface area (Å²) >= 11 is 0. The van der Waals surface area contributed by atoms with E-state index in [-0.39, 0.29) is 0 Å². The lowest BCUT2D eigenvalue weighted by Crippen LogP contribution is -1.92. The molecule has 1 aromatic carbocycles. The van der Waals surface area contributed by atoms with Crippen molar-refractivity contribution in [2.45, 2.75) is 38.5 Å². The molecule has 82 valence electrons. The van der Waals surface area contributed by atoms with Crippen LogP contribution in [0.25, 0.3) is 10.8 Å². The Hall–Kier alpha value is -1.37. The second-order valence-electron chi connectivity index (χ2n) is 5.11. The van der Waals surface area contributed by atoms with Crippen LogP contribution in [-0.4, -0.2) is 4.98 Å². The molecule has 0 atom stereocenters. The third-order valence-electron chi connectivity index (χ3n) is 3.44. The summed E-state index contributed by atoms with van der Waals surface area (Å²) in [5, 5.41) is 2.67. The Labute approximate surface area is 96.5 Å². The predicted octanol–water partition coefficient (Wildman–Crippen LogP) is 4.24. The van der Waals surface area contributed by atoms with Gasteiger partial charge in [-0.25, -0.2) is 0 Å². The summed E-state index contributed by atoms with van der Waals surface area (Å²) in [6.07, 6.45) is 4.71. The number of aromatic nitrogens is 1. The zero-order chi connectivity index (χ0) is 11.1. The lowest BCUT2D eigenvalue weighted by atomic mass is 9.97. The van der Waals surface area contributed by atoms with Gasteiger partial charge in [0.15, 0.2) is 0 Å². The Morgan fingerprint density at radius 2 is 2.06 bits per heavy atom. The number of hydrogen-bond donors (Lipinski definition) is 0. The summed E-state index contributed by atoms with van der Waals surface area (Å²) in [7, 11) is 0. The molecule has 1 heteroatoms. The van der Waals surface area contributed by atoms with Gasteiger partial charge in [-0.05, 0) is 35.8 Å². The van der Waals surface area contributed by atoms with E-state index < -0.39 is 0 Å². The fourth-order valence-corrected chi connectivity index (χ4v) is 2.32. The van der Waals surface area contributed by atoms with Crippen molar-refractivity contribution in [2.75, 3.05) is 0 Å². The van der Waals surface area contributed by atoms with Gasteiger partial charge in [0.2, 0.25) is 0 Å². The van der Waals surface area contributed by atoms with Gasteiger partial charge in [-0.2, -0.15) is 0 Å². The van der Waals surface area contributed by atoms with Gasteiger partial charge in [0.05, 0.1) is 0 Å². The lowest BCUT2D eigenvalue weighted by molar-refractivity contribution is 0.875. The molecular weight excluding hydrogens is 194 g/mol. The van der Waals surface area contributed by atoms with Gasteiger partial charge in [0.25, 0.3) is 0 Å². The maximum absolute atomic E-state index is 4.61. The van der Waals surface area contributed by atoms with Crippen LogP contribution in [0.3, 0.4) is 0 Å². The minimum Gasteiger partial charge on any atom is -0.260 e. The minimum atomic E-state index is 0.567. The first-order valence-electron chi connectivity index (χ1n) is 6.14. The SMILES string of the molecule is CC(C)c1cccc2cc(C3CC3)ncc12. The fourth-order valence-electron chi connectivity index (χ4n) is 2.32. The van der Waals surface area contributed by atoms with Gasteiger partial charge in [0, 0.05) is 23.2 Å². The molecule has 0 radical (unpaired) electrons. The Kier molecular flexibility index (Phi) is 2.20. The molecule has 3 rings (SSSR count). The van der Waals surface area contributed by atoms with Crippen LogP contribution < -0.4 is 0 Å². The molecule has 2 aromatic rings. The first-order chi connectivity index (χ1) is 7.75. The second-order valence-corrected chi connectivity index (χ2v) is 5.11. The average molecular weight is 211 g/mol. The van der Waals surface area contributed by atoms with Crippen molar-refractivity contribution in [1.82, 2.24) is 4.98 Å². The summed E-state index contributed by atoms with van der Waals surface area (Å²) in [5.41, 5.74) is 2.70. The van der Waals surface area contributed by atoms with Crippen LogP contribution in [0.15, 0.2) is 30.5 Å². The van der Waals surface area contributed by atoms with E-state index >= 15 is 0 Å². The normalized spacial score (nSPS) is 15.9. The van der Waals surface area contributed by atoms with Crippen LogP contribution in [0.4, 0.5) is 0 Å². The first kappa shape index (κ1) is 9.83. The summed E-state index contributed by atoms with van der Waals surface area (Å²) in [6.45, 7) is 4.48. The summed E-state index contributed by atoms with van der Waals surface area (Å²) in [5.74, 6) is 1.31. The third kappa shape index (κ3) is 1.60. The molecule has 1 saturated carbocycles. The first-order valence-corrected chi connectivity index (χ1v) is 6.14. The maximum Gasteiger partial charge on any atom is 0.0440 e. The standard InChI is InChI=1S/C15H17N/c1-10(2)13-5-3-4-12-8-15(11-6-7-11)16-9-14(12)13/h3-5,8-11H,6-7H2,1-2H3. The molecule has 1 aromatic heterocycles. The summed E-state index contributed by atoms with van der Waals surface area (Å²) in [4.78, 5) is 4.61. The van der Waals surface area contributed by atoms with Crippen molar-refractivity contribution in [3.8, 4) is 0 Å². The van der Waals surface area contributed by atoms with Crippen molar-refractivity contribution in [3.05, 3.63) is 41.7 Å². The number of benzene rings is 1. The van der Waals surface area contributed by atoms with E-state index in [0.717, 1.165) is 5.92 Å². The predicted molar refractivity (Wildman–Crippen MR) is 67.8 cm³/mol. The molecule has 0 spiro atoms. The summed E-state index contributed by atoms with van der Waals surface area (Å²) < 4.78 is 0. The van der Waals surface area contributed by atoms with Crippen molar-refractivity contribution < 1.29 is 0 Å². The largest absolute Gasteiger partial charge is 0.260 e. The van der Waals surface area contributed by atoms with Crippen molar-refractivity contribution in [2.24, 2.45) is 0 Å². The highest BCUT2D eigenvalue weighted by molar-refractivity contribution is 5.85. The highest BCUT2D eigenvalue weighted by atomic mass is 14.7. The zero-order valence-corrected chi connectivity index (χ0v) is 9.90. The quantitative estimate of drug-likeness (QED) is 0.724. The zero-order valence-electron chi connectivity index (χ0n) is 9.90. The van der Waals surface area contributed by atoms with E-state index in [2.05, 4.69) is 49.3 Å². The molecular formula is C15H17N. The van der Waals surface area contributed by atoms with Crippen molar-refractivity contribution in [3.63, 3.8) is 0 Å². The molecule has 0 saturated heterocycles. The molecule has 1 nitrogen and oxygen atoms in total.